The van der Waals surface area contributed by atoms with Gasteiger partial charge in [-0.25, -0.2) is 4.39 Å². The third kappa shape index (κ3) is 3.01. The first-order chi connectivity index (χ1) is 11.5. The number of halogens is 1. The first-order valence-corrected chi connectivity index (χ1v) is 8.34. The number of nitrogens with zero attached hydrogens (tertiary/aromatic N) is 1. The first-order valence-electron chi connectivity index (χ1n) is 8.34. The Morgan fingerprint density at radius 3 is 2.67 bits per heavy atom. The Labute approximate surface area is 142 Å². The summed E-state index contributed by atoms with van der Waals surface area (Å²) in [6.07, 6.45) is 2.64. The number of carbonyl (C=O) groups is 1. The van der Waals surface area contributed by atoms with Crippen LogP contribution in [0, 0.1) is 26.6 Å². The van der Waals surface area contributed by atoms with E-state index in [0.717, 1.165) is 54.7 Å². The van der Waals surface area contributed by atoms with Crippen LogP contribution in [0.1, 0.15) is 34.2 Å². The van der Waals surface area contributed by atoms with Gasteiger partial charge in [0.2, 0.25) is 6.41 Å². The average Bonchev–Trinajstić information content (AvgIpc) is 2.76. The Morgan fingerprint density at radius 2 is 1.92 bits per heavy atom. The molecule has 1 heterocycles. The lowest BCUT2D eigenvalue weighted by Gasteiger charge is -2.27. The zero-order valence-electron chi connectivity index (χ0n) is 14.4. The maximum absolute atomic E-state index is 13.5. The lowest BCUT2D eigenvalue weighted by Crippen LogP contribution is -2.24. The van der Waals surface area contributed by atoms with Crippen LogP contribution in [0.25, 0.3) is 0 Å². The van der Waals surface area contributed by atoms with Crippen LogP contribution in [0.15, 0.2) is 24.3 Å². The normalized spacial score (nSPS) is 14.1. The minimum atomic E-state index is -0.158. The molecule has 0 bridgehead atoms. The molecule has 2 aromatic rings. The maximum atomic E-state index is 13.5. The molecule has 0 atom stereocenters. The van der Waals surface area contributed by atoms with Crippen LogP contribution in [0.3, 0.4) is 0 Å². The Kier molecular flexibility index (Phi) is 4.56. The number of hydrogen-bond acceptors (Lipinski definition) is 2. The molecule has 0 radical (unpaired) electrons. The number of anilines is 2. The third-order valence-electron chi connectivity index (χ3n) is 5.02. The van der Waals surface area contributed by atoms with Crippen molar-refractivity contribution < 1.29 is 9.18 Å². The lowest BCUT2D eigenvalue weighted by atomic mass is 10.00. The lowest BCUT2D eigenvalue weighted by molar-refractivity contribution is -0.105. The van der Waals surface area contributed by atoms with Gasteiger partial charge >= 0.3 is 0 Å². The van der Waals surface area contributed by atoms with Crippen molar-refractivity contribution in [3.8, 4) is 0 Å². The van der Waals surface area contributed by atoms with Gasteiger partial charge in [-0.1, -0.05) is 6.07 Å². The van der Waals surface area contributed by atoms with Gasteiger partial charge in [-0.05, 0) is 79.6 Å². The average molecular weight is 326 g/mol. The van der Waals surface area contributed by atoms with Crippen LogP contribution in [-0.2, 0) is 17.8 Å². The number of hydrogen-bond donors (Lipinski definition) is 1. The van der Waals surface area contributed by atoms with Crippen LogP contribution in [0.4, 0.5) is 15.8 Å². The van der Waals surface area contributed by atoms with Crippen molar-refractivity contribution in [2.24, 2.45) is 0 Å². The molecule has 3 rings (SSSR count). The summed E-state index contributed by atoms with van der Waals surface area (Å²) in [6, 6.07) is 7.26. The van der Waals surface area contributed by atoms with Gasteiger partial charge in [0, 0.05) is 24.5 Å². The number of rotatable bonds is 3. The highest BCUT2D eigenvalue weighted by atomic mass is 19.1. The summed E-state index contributed by atoms with van der Waals surface area (Å²) in [5.41, 5.74) is 7.73. The molecule has 0 aliphatic carbocycles. The van der Waals surface area contributed by atoms with Crippen LogP contribution in [-0.4, -0.2) is 13.0 Å². The van der Waals surface area contributed by atoms with E-state index in [0.29, 0.717) is 0 Å². The molecule has 4 heteroatoms. The molecular formula is C20H23FN2O. The summed E-state index contributed by atoms with van der Waals surface area (Å²) in [7, 11) is 0. The van der Waals surface area contributed by atoms with E-state index in [1.807, 2.05) is 19.9 Å². The second-order valence-corrected chi connectivity index (χ2v) is 6.54. The molecular weight excluding hydrogens is 303 g/mol. The van der Waals surface area contributed by atoms with Crippen molar-refractivity contribution in [3.05, 3.63) is 57.9 Å². The minimum Gasteiger partial charge on any atom is -0.367 e. The van der Waals surface area contributed by atoms with Crippen molar-refractivity contribution in [1.29, 1.82) is 0 Å². The molecule has 0 fully saturated rings. The van der Waals surface area contributed by atoms with Gasteiger partial charge in [0.05, 0.1) is 0 Å². The second-order valence-electron chi connectivity index (χ2n) is 6.54. The molecule has 2 aromatic carbocycles. The quantitative estimate of drug-likeness (QED) is 0.854. The van der Waals surface area contributed by atoms with E-state index >= 15 is 0 Å². The summed E-state index contributed by atoms with van der Waals surface area (Å²) in [6.45, 7) is 7.88. The molecule has 24 heavy (non-hydrogen) atoms. The maximum Gasteiger partial charge on any atom is 0.211 e. The Morgan fingerprint density at radius 1 is 1.12 bits per heavy atom. The Balaban J connectivity index is 2.00. The van der Waals surface area contributed by atoms with E-state index in [9.17, 15) is 9.18 Å². The van der Waals surface area contributed by atoms with Crippen molar-refractivity contribution in [2.45, 2.75) is 40.2 Å². The summed E-state index contributed by atoms with van der Waals surface area (Å²) < 4.78 is 13.5. The van der Waals surface area contributed by atoms with E-state index in [4.69, 9.17) is 0 Å². The fourth-order valence-electron chi connectivity index (χ4n) is 3.60. The van der Waals surface area contributed by atoms with Gasteiger partial charge in [-0.15, -0.1) is 0 Å². The van der Waals surface area contributed by atoms with Crippen molar-refractivity contribution in [2.75, 3.05) is 16.8 Å². The highest BCUT2D eigenvalue weighted by Crippen LogP contribution is 2.34. The first kappa shape index (κ1) is 16.5. The summed E-state index contributed by atoms with van der Waals surface area (Å²) in [5.74, 6) is -0.158. The summed E-state index contributed by atoms with van der Waals surface area (Å²) in [5, 5.41) is 2.81. The molecule has 1 aliphatic rings. The van der Waals surface area contributed by atoms with Crippen molar-refractivity contribution >= 4 is 17.8 Å². The van der Waals surface area contributed by atoms with E-state index in [1.165, 1.54) is 16.8 Å². The van der Waals surface area contributed by atoms with Gasteiger partial charge in [-0.2, -0.15) is 0 Å². The number of nitrogens with one attached hydrogen (secondary N) is 1. The zero-order valence-corrected chi connectivity index (χ0v) is 14.4. The van der Waals surface area contributed by atoms with E-state index in [-0.39, 0.29) is 5.82 Å². The molecule has 3 nitrogen and oxygen atoms in total. The Bertz CT molecular complexity index is 786. The van der Waals surface area contributed by atoms with Gasteiger partial charge in [0.1, 0.15) is 5.82 Å². The predicted octanol–water partition coefficient (Wildman–Crippen LogP) is 4.27. The van der Waals surface area contributed by atoms with E-state index in [2.05, 4.69) is 23.2 Å². The van der Waals surface area contributed by atoms with Crippen LogP contribution in [0.2, 0.25) is 0 Å². The van der Waals surface area contributed by atoms with Gasteiger partial charge < -0.3 is 10.2 Å². The number of amides is 1. The van der Waals surface area contributed by atoms with Crippen LogP contribution in [0.5, 0.6) is 0 Å². The van der Waals surface area contributed by atoms with E-state index < -0.39 is 0 Å². The van der Waals surface area contributed by atoms with Crippen LogP contribution < -0.4 is 10.2 Å². The molecule has 0 aromatic heterocycles. The van der Waals surface area contributed by atoms with Crippen LogP contribution >= 0.6 is 0 Å². The fourth-order valence-corrected chi connectivity index (χ4v) is 3.60. The molecule has 126 valence electrons. The molecule has 1 aliphatic heterocycles. The number of fused-ring (bicyclic) bond motifs is 1. The van der Waals surface area contributed by atoms with Crippen molar-refractivity contribution in [3.63, 3.8) is 0 Å². The van der Waals surface area contributed by atoms with Crippen molar-refractivity contribution in [1.82, 2.24) is 0 Å². The third-order valence-corrected chi connectivity index (χ3v) is 5.02. The summed E-state index contributed by atoms with van der Waals surface area (Å²) >= 11 is 0. The van der Waals surface area contributed by atoms with E-state index in [1.54, 1.807) is 12.1 Å². The molecule has 0 unspecified atom stereocenters. The topological polar surface area (TPSA) is 32.3 Å². The monoisotopic (exact) mass is 326 g/mol. The SMILES string of the molecule is Cc1cc(N2CCCc3cc(F)ccc3C2)c(C)c(C)c1NC=O. The highest BCUT2D eigenvalue weighted by Gasteiger charge is 2.19. The Hall–Kier alpha value is -2.36. The molecule has 1 N–H and O–H groups in total. The largest absolute Gasteiger partial charge is 0.367 e. The standard InChI is InChI=1S/C20H23FN2O/c1-13-9-19(14(2)15(3)20(13)22-12-24)23-8-4-5-16-10-18(21)7-6-17(16)11-23/h6-7,9-10,12H,4-5,8,11H2,1-3H3,(H,22,24). The van der Waals surface area contributed by atoms with Gasteiger partial charge in [0.25, 0.3) is 0 Å². The fraction of sp³-hybridized carbons (Fsp3) is 0.350. The smallest absolute Gasteiger partial charge is 0.211 e. The number of carbonyl (C=O) groups excluding carboxylic acids is 1. The molecule has 0 saturated heterocycles. The van der Waals surface area contributed by atoms with Gasteiger partial charge in [-0.3, -0.25) is 4.79 Å². The second kappa shape index (κ2) is 6.63. The molecule has 1 amide bonds. The molecule has 0 spiro atoms. The predicted molar refractivity (Wildman–Crippen MR) is 96.1 cm³/mol. The molecule has 0 saturated carbocycles. The minimum absolute atomic E-state index is 0.158. The van der Waals surface area contributed by atoms with Gasteiger partial charge in [0.15, 0.2) is 0 Å². The zero-order chi connectivity index (χ0) is 17.3. The number of benzene rings is 2. The number of aryl methyl sites for hydroxylation is 2. The highest BCUT2D eigenvalue weighted by molar-refractivity contribution is 5.79. The summed E-state index contributed by atoms with van der Waals surface area (Å²) in [4.78, 5) is 13.2.